The van der Waals surface area contributed by atoms with Gasteiger partial charge in [-0.15, -0.1) is 0 Å². The second-order valence-corrected chi connectivity index (χ2v) is 5.79. The van der Waals surface area contributed by atoms with Gasteiger partial charge in [-0.25, -0.2) is 0 Å². The molecule has 0 aliphatic heterocycles. The van der Waals surface area contributed by atoms with Crippen LogP contribution in [0.2, 0.25) is 0 Å². The van der Waals surface area contributed by atoms with Crippen LogP contribution in [0.5, 0.6) is 5.75 Å². The molecule has 100 valence electrons. The first-order valence-electron chi connectivity index (χ1n) is 7.05. The lowest BCUT2D eigenvalue weighted by Crippen LogP contribution is -2.39. The normalized spacial score (nSPS) is 18.9. The van der Waals surface area contributed by atoms with E-state index in [9.17, 15) is 0 Å². The van der Waals surface area contributed by atoms with Gasteiger partial charge >= 0.3 is 0 Å². The fourth-order valence-electron chi connectivity index (χ4n) is 3.20. The van der Waals surface area contributed by atoms with Gasteiger partial charge in [0.05, 0.1) is 7.11 Å². The summed E-state index contributed by atoms with van der Waals surface area (Å²) in [4.78, 5) is 0. The third-order valence-corrected chi connectivity index (χ3v) is 4.15. The smallest absolute Gasteiger partial charge is 0.122 e. The van der Waals surface area contributed by atoms with Crippen LogP contribution in [0.3, 0.4) is 0 Å². The van der Waals surface area contributed by atoms with Gasteiger partial charge in [0.2, 0.25) is 0 Å². The number of hydrogen-bond donors (Lipinski definition) is 1. The van der Waals surface area contributed by atoms with E-state index in [4.69, 9.17) is 10.5 Å². The molecule has 1 saturated carbocycles. The molecule has 0 spiro atoms. The second-order valence-electron chi connectivity index (χ2n) is 5.79. The molecule has 0 aromatic heterocycles. The molecule has 1 aromatic rings. The molecule has 1 fully saturated rings. The average molecular weight is 247 g/mol. The first kappa shape index (κ1) is 13.4. The lowest BCUT2D eigenvalue weighted by Gasteiger charge is -2.36. The summed E-state index contributed by atoms with van der Waals surface area (Å²) in [7, 11) is 1.75. The fourth-order valence-corrected chi connectivity index (χ4v) is 3.20. The molecule has 0 radical (unpaired) electrons. The quantitative estimate of drug-likeness (QED) is 0.878. The SMILES string of the molecule is COc1cccc(C2(N)CCCCC2)c1C(C)C. The minimum Gasteiger partial charge on any atom is -0.496 e. The largest absolute Gasteiger partial charge is 0.496 e. The predicted molar refractivity (Wildman–Crippen MR) is 76.0 cm³/mol. The van der Waals surface area contributed by atoms with E-state index in [0.29, 0.717) is 5.92 Å². The maximum atomic E-state index is 6.69. The molecule has 0 atom stereocenters. The van der Waals surface area contributed by atoms with E-state index in [1.54, 1.807) is 7.11 Å². The van der Waals surface area contributed by atoms with Gasteiger partial charge in [0, 0.05) is 11.1 Å². The highest BCUT2D eigenvalue weighted by atomic mass is 16.5. The topological polar surface area (TPSA) is 35.2 Å². The van der Waals surface area contributed by atoms with Crippen LogP contribution in [0.25, 0.3) is 0 Å². The van der Waals surface area contributed by atoms with Gasteiger partial charge in [-0.2, -0.15) is 0 Å². The molecule has 2 N–H and O–H groups in total. The van der Waals surface area contributed by atoms with Gasteiger partial charge in [0.1, 0.15) is 5.75 Å². The minimum absolute atomic E-state index is 0.146. The fraction of sp³-hybridized carbons (Fsp3) is 0.625. The Labute approximate surface area is 111 Å². The lowest BCUT2D eigenvalue weighted by atomic mass is 9.74. The van der Waals surface area contributed by atoms with Gasteiger partial charge in [-0.1, -0.05) is 45.2 Å². The molecule has 0 heterocycles. The Morgan fingerprint density at radius 2 is 1.83 bits per heavy atom. The van der Waals surface area contributed by atoms with Crippen molar-refractivity contribution in [3.63, 3.8) is 0 Å². The number of rotatable bonds is 3. The average Bonchev–Trinajstić information content (AvgIpc) is 2.38. The molecule has 0 saturated heterocycles. The molecule has 0 unspecified atom stereocenters. The van der Waals surface area contributed by atoms with Crippen molar-refractivity contribution in [1.82, 2.24) is 0 Å². The van der Waals surface area contributed by atoms with E-state index in [2.05, 4.69) is 26.0 Å². The number of ether oxygens (including phenoxy) is 1. The van der Waals surface area contributed by atoms with E-state index in [0.717, 1.165) is 18.6 Å². The summed E-state index contributed by atoms with van der Waals surface area (Å²) >= 11 is 0. The molecule has 0 amide bonds. The Kier molecular flexibility index (Phi) is 3.96. The summed E-state index contributed by atoms with van der Waals surface area (Å²) in [5, 5.41) is 0. The molecular weight excluding hydrogens is 222 g/mol. The van der Waals surface area contributed by atoms with Crippen molar-refractivity contribution in [2.75, 3.05) is 7.11 Å². The van der Waals surface area contributed by atoms with E-state index in [1.165, 1.54) is 30.4 Å². The number of nitrogens with two attached hydrogens (primary N) is 1. The van der Waals surface area contributed by atoms with Crippen LogP contribution in [0, 0.1) is 0 Å². The molecule has 1 aromatic carbocycles. The maximum Gasteiger partial charge on any atom is 0.122 e. The highest BCUT2D eigenvalue weighted by molar-refractivity contribution is 5.46. The van der Waals surface area contributed by atoms with Crippen LogP contribution in [0.1, 0.15) is 63.0 Å². The summed E-state index contributed by atoms with van der Waals surface area (Å²) in [5.41, 5.74) is 9.14. The Morgan fingerprint density at radius 3 is 2.39 bits per heavy atom. The summed E-state index contributed by atoms with van der Waals surface area (Å²) in [5.74, 6) is 1.43. The Balaban J connectivity index is 2.48. The first-order chi connectivity index (χ1) is 8.58. The first-order valence-corrected chi connectivity index (χ1v) is 7.05. The summed E-state index contributed by atoms with van der Waals surface area (Å²) in [6.45, 7) is 4.43. The van der Waals surface area contributed by atoms with Crippen LogP contribution < -0.4 is 10.5 Å². The number of hydrogen-bond acceptors (Lipinski definition) is 2. The standard InChI is InChI=1S/C16H25NO/c1-12(2)15-13(8-7-9-14(15)18-3)16(17)10-5-4-6-11-16/h7-9,12H,4-6,10-11,17H2,1-3H3. The van der Waals surface area contributed by atoms with E-state index in [-0.39, 0.29) is 5.54 Å². The molecule has 1 aliphatic rings. The molecule has 0 bridgehead atoms. The molecule has 2 heteroatoms. The lowest BCUT2D eigenvalue weighted by molar-refractivity contribution is 0.297. The zero-order valence-electron chi connectivity index (χ0n) is 11.8. The van der Waals surface area contributed by atoms with Crippen molar-refractivity contribution >= 4 is 0 Å². The molecule has 1 aliphatic carbocycles. The molecule has 2 nitrogen and oxygen atoms in total. The third kappa shape index (κ3) is 2.39. The van der Waals surface area contributed by atoms with Gasteiger partial charge < -0.3 is 10.5 Å². The molecule has 2 rings (SSSR count). The highest BCUT2D eigenvalue weighted by Crippen LogP contribution is 2.41. The van der Waals surface area contributed by atoms with Crippen LogP contribution in [-0.4, -0.2) is 7.11 Å². The minimum atomic E-state index is -0.146. The van der Waals surface area contributed by atoms with E-state index < -0.39 is 0 Å². The Bertz CT molecular complexity index is 406. The van der Waals surface area contributed by atoms with Crippen molar-refractivity contribution in [2.24, 2.45) is 5.73 Å². The van der Waals surface area contributed by atoms with Crippen molar-refractivity contribution in [1.29, 1.82) is 0 Å². The molecule has 18 heavy (non-hydrogen) atoms. The zero-order valence-corrected chi connectivity index (χ0v) is 11.8. The zero-order chi connectivity index (χ0) is 13.2. The van der Waals surface area contributed by atoms with Crippen molar-refractivity contribution in [3.05, 3.63) is 29.3 Å². The summed E-state index contributed by atoms with van der Waals surface area (Å²) in [6, 6.07) is 6.32. The Morgan fingerprint density at radius 1 is 1.17 bits per heavy atom. The van der Waals surface area contributed by atoms with Crippen molar-refractivity contribution in [2.45, 2.75) is 57.4 Å². The third-order valence-electron chi connectivity index (χ3n) is 4.15. The predicted octanol–water partition coefficient (Wildman–Crippen LogP) is 3.94. The Hall–Kier alpha value is -1.02. The van der Waals surface area contributed by atoms with Crippen LogP contribution in [0.15, 0.2) is 18.2 Å². The van der Waals surface area contributed by atoms with Crippen molar-refractivity contribution in [3.8, 4) is 5.75 Å². The summed E-state index contributed by atoms with van der Waals surface area (Å²) in [6.07, 6.45) is 6.00. The van der Waals surface area contributed by atoms with Crippen LogP contribution in [0.4, 0.5) is 0 Å². The van der Waals surface area contributed by atoms with Gasteiger partial charge in [-0.3, -0.25) is 0 Å². The highest BCUT2D eigenvalue weighted by Gasteiger charge is 2.32. The van der Waals surface area contributed by atoms with Crippen LogP contribution in [-0.2, 0) is 5.54 Å². The molecular formula is C16H25NO. The van der Waals surface area contributed by atoms with E-state index >= 15 is 0 Å². The summed E-state index contributed by atoms with van der Waals surface area (Å²) < 4.78 is 5.53. The monoisotopic (exact) mass is 247 g/mol. The van der Waals surface area contributed by atoms with Gasteiger partial charge in [-0.05, 0) is 30.4 Å². The van der Waals surface area contributed by atoms with Gasteiger partial charge in [0.15, 0.2) is 0 Å². The second kappa shape index (κ2) is 5.31. The maximum absolute atomic E-state index is 6.69. The van der Waals surface area contributed by atoms with Crippen LogP contribution >= 0.6 is 0 Å². The van der Waals surface area contributed by atoms with Gasteiger partial charge in [0.25, 0.3) is 0 Å². The van der Waals surface area contributed by atoms with E-state index in [1.807, 2.05) is 6.07 Å². The number of methoxy groups -OCH3 is 1. The number of benzene rings is 1. The van der Waals surface area contributed by atoms with Crippen molar-refractivity contribution < 1.29 is 4.74 Å².